The molecule has 0 radical (unpaired) electrons. The van der Waals surface area contributed by atoms with Gasteiger partial charge in [-0.2, -0.15) is 0 Å². The van der Waals surface area contributed by atoms with Crippen molar-refractivity contribution >= 4 is 11.9 Å². The largest absolute Gasteiger partial charge is 0.354 e. The average molecular weight is 225 g/mol. The minimum absolute atomic E-state index is 0.0499. The van der Waals surface area contributed by atoms with Crippen LogP contribution in [0.4, 0.5) is 4.79 Å². The van der Waals surface area contributed by atoms with E-state index in [4.69, 9.17) is 0 Å². The molecular weight excluding hydrogens is 206 g/mol. The van der Waals surface area contributed by atoms with Crippen molar-refractivity contribution in [1.29, 1.82) is 0 Å². The SMILES string of the molecule is O=C1CCN(C(=O)N2CCCCC2)CCN1. The number of likely N-dealkylation sites (tertiary alicyclic amines) is 1. The maximum Gasteiger partial charge on any atom is 0.320 e. The van der Waals surface area contributed by atoms with Gasteiger partial charge in [0.25, 0.3) is 0 Å². The van der Waals surface area contributed by atoms with E-state index in [2.05, 4.69) is 5.32 Å². The molecule has 2 saturated heterocycles. The Kier molecular flexibility index (Phi) is 3.64. The third kappa shape index (κ3) is 2.65. The maximum atomic E-state index is 12.1. The topological polar surface area (TPSA) is 52.7 Å². The Morgan fingerprint density at radius 2 is 1.69 bits per heavy atom. The Hall–Kier alpha value is -1.26. The standard InChI is InChI=1S/C11H19N3O2/c15-10-4-8-14(9-5-12-10)11(16)13-6-2-1-3-7-13/h1-9H2,(H,12,15). The molecule has 0 unspecified atom stereocenters. The summed E-state index contributed by atoms with van der Waals surface area (Å²) in [7, 11) is 0. The van der Waals surface area contributed by atoms with E-state index in [1.165, 1.54) is 6.42 Å². The van der Waals surface area contributed by atoms with Gasteiger partial charge < -0.3 is 15.1 Å². The van der Waals surface area contributed by atoms with Crippen LogP contribution in [0.3, 0.4) is 0 Å². The van der Waals surface area contributed by atoms with Crippen molar-refractivity contribution in [3.8, 4) is 0 Å². The minimum atomic E-state index is 0.0499. The van der Waals surface area contributed by atoms with E-state index in [0.29, 0.717) is 26.1 Å². The third-order valence-electron chi connectivity index (χ3n) is 3.21. The van der Waals surface area contributed by atoms with Gasteiger partial charge in [0.15, 0.2) is 0 Å². The summed E-state index contributed by atoms with van der Waals surface area (Å²) in [4.78, 5) is 27.0. The quantitative estimate of drug-likeness (QED) is 0.649. The van der Waals surface area contributed by atoms with Crippen molar-refractivity contribution in [2.75, 3.05) is 32.7 Å². The van der Waals surface area contributed by atoms with Gasteiger partial charge in [0, 0.05) is 39.1 Å². The van der Waals surface area contributed by atoms with E-state index in [1.54, 1.807) is 4.90 Å². The molecule has 3 amide bonds. The summed E-state index contributed by atoms with van der Waals surface area (Å²) in [5.74, 6) is 0.0499. The van der Waals surface area contributed by atoms with Crippen molar-refractivity contribution in [1.82, 2.24) is 15.1 Å². The van der Waals surface area contributed by atoms with Gasteiger partial charge in [-0.3, -0.25) is 4.79 Å². The molecule has 5 heteroatoms. The number of carbonyl (C=O) groups is 2. The van der Waals surface area contributed by atoms with Crippen molar-refractivity contribution < 1.29 is 9.59 Å². The molecular formula is C11H19N3O2. The maximum absolute atomic E-state index is 12.1. The molecule has 0 bridgehead atoms. The molecule has 16 heavy (non-hydrogen) atoms. The summed E-state index contributed by atoms with van der Waals surface area (Å²) in [6, 6.07) is 0.108. The molecule has 0 aliphatic carbocycles. The van der Waals surface area contributed by atoms with E-state index in [-0.39, 0.29) is 11.9 Å². The summed E-state index contributed by atoms with van der Waals surface area (Å²) >= 11 is 0. The van der Waals surface area contributed by atoms with Gasteiger partial charge >= 0.3 is 6.03 Å². The number of hydrogen-bond acceptors (Lipinski definition) is 2. The first-order valence-electron chi connectivity index (χ1n) is 6.08. The number of nitrogens with zero attached hydrogens (tertiary/aromatic N) is 2. The van der Waals surface area contributed by atoms with Crippen LogP contribution in [0.25, 0.3) is 0 Å². The molecule has 0 aromatic heterocycles. The second kappa shape index (κ2) is 5.18. The van der Waals surface area contributed by atoms with E-state index in [1.807, 2.05) is 4.90 Å². The molecule has 1 N–H and O–H groups in total. The van der Waals surface area contributed by atoms with Gasteiger partial charge in [-0.15, -0.1) is 0 Å². The number of rotatable bonds is 0. The Bertz CT molecular complexity index is 274. The smallest absolute Gasteiger partial charge is 0.320 e. The van der Waals surface area contributed by atoms with Crippen LogP contribution >= 0.6 is 0 Å². The van der Waals surface area contributed by atoms with Crippen molar-refractivity contribution in [3.63, 3.8) is 0 Å². The normalized spacial score (nSPS) is 22.6. The summed E-state index contributed by atoms with van der Waals surface area (Å²) in [6.07, 6.45) is 3.87. The number of carbonyl (C=O) groups excluding carboxylic acids is 2. The fraction of sp³-hybridized carbons (Fsp3) is 0.818. The van der Waals surface area contributed by atoms with Crippen molar-refractivity contribution in [2.45, 2.75) is 25.7 Å². The first-order chi connectivity index (χ1) is 7.77. The van der Waals surface area contributed by atoms with E-state index >= 15 is 0 Å². The van der Waals surface area contributed by atoms with Gasteiger partial charge in [0.2, 0.25) is 5.91 Å². The zero-order valence-corrected chi connectivity index (χ0v) is 9.57. The molecule has 2 heterocycles. The number of urea groups is 1. The predicted molar refractivity (Wildman–Crippen MR) is 60.0 cm³/mol. The summed E-state index contributed by atoms with van der Waals surface area (Å²) in [6.45, 7) is 3.52. The van der Waals surface area contributed by atoms with E-state index < -0.39 is 0 Å². The molecule has 0 atom stereocenters. The Morgan fingerprint density at radius 1 is 1.00 bits per heavy atom. The molecule has 5 nitrogen and oxygen atoms in total. The minimum Gasteiger partial charge on any atom is -0.354 e. The van der Waals surface area contributed by atoms with Crippen LogP contribution in [-0.2, 0) is 4.79 Å². The molecule has 90 valence electrons. The lowest BCUT2D eigenvalue weighted by molar-refractivity contribution is -0.120. The molecule has 2 fully saturated rings. The number of hydrogen-bond donors (Lipinski definition) is 1. The van der Waals surface area contributed by atoms with Crippen LogP contribution in [-0.4, -0.2) is 54.5 Å². The Labute approximate surface area is 95.8 Å². The lowest BCUT2D eigenvalue weighted by atomic mass is 10.1. The predicted octanol–water partition coefficient (Wildman–Crippen LogP) is 0.414. The fourth-order valence-corrected chi connectivity index (χ4v) is 2.24. The molecule has 0 aromatic rings. The summed E-state index contributed by atoms with van der Waals surface area (Å²) < 4.78 is 0. The lowest BCUT2D eigenvalue weighted by Gasteiger charge is -2.32. The van der Waals surface area contributed by atoms with Crippen LogP contribution in [0.5, 0.6) is 0 Å². The first kappa shape index (κ1) is 11.2. The highest BCUT2D eigenvalue weighted by Gasteiger charge is 2.24. The van der Waals surface area contributed by atoms with Gasteiger partial charge in [0.1, 0.15) is 0 Å². The van der Waals surface area contributed by atoms with Crippen LogP contribution < -0.4 is 5.32 Å². The molecule has 2 aliphatic rings. The Morgan fingerprint density at radius 3 is 2.44 bits per heavy atom. The van der Waals surface area contributed by atoms with Crippen LogP contribution in [0, 0.1) is 0 Å². The number of amides is 3. The average Bonchev–Trinajstić information content (AvgIpc) is 2.54. The van der Waals surface area contributed by atoms with Crippen LogP contribution in [0.1, 0.15) is 25.7 Å². The van der Waals surface area contributed by atoms with Gasteiger partial charge in [0.05, 0.1) is 0 Å². The van der Waals surface area contributed by atoms with Gasteiger partial charge in [-0.05, 0) is 19.3 Å². The molecule has 0 saturated carbocycles. The van der Waals surface area contributed by atoms with Crippen LogP contribution in [0.15, 0.2) is 0 Å². The Balaban J connectivity index is 1.89. The summed E-state index contributed by atoms with van der Waals surface area (Å²) in [5.41, 5.74) is 0. The highest BCUT2D eigenvalue weighted by molar-refractivity contribution is 5.79. The van der Waals surface area contributed by atoms with Crippen molar-refractivity contribution in [3.05, 3.63) is 0 Å². The van der Waals surface area contributed by atoms with Gasteiger partial charge in [-0.1, -0.05) is 0 Å². The molecule has 2 aliphatic heterocycles. The van der Waals surface area contributed by atoms with Gasteiger partial charge in [-0.25, -0.2) is 4.79 Å². The third-order valence-corrected chi connectivity index (χ3v) is 3.21. The van der Waals surface area contributed by atoms with Crippen LogP contribution in [0.2, 0.25) is 0 Å². The zero-order chi connectivity index (χ0) is 11.4. The number of piperidine rings is 1. The monoisotopic (exact) mass is 225 g/mol. The molecule has 0 spiro atoms. The van der Waals surface area contributed by atoms with E-state index in [9.17, 15) is 9.59 Å². The molecule has 2 rings (SSSR count). The highest BCUT2D eigenvalue weighted by atomic mass is 16.2. The second-order valence-electron chi connectivity index (χ2n) is 4.42. The zero-order valence-electron chi connectivity index (χ0n) is 9.57. The highest BCUT2D eigenvalue weighted by Crippen LogP contribution is 2.11. The van der Waals surface area contributed by atoms with Crippen molar-refractivity contribution in [2.24, 2.45) is 0 Å². The molecule has 0 aromatic carbocycles. The lowest BCUT2D eigenvalue weighted by Crippen LogP contribution is -2.46. The fourth-order valence-electron chi connectivity index (χ4n) is 2.24. The number of nitrogens with one attached hydrogen (secondary N) is 1. The second-order valence-corrected chi connectivity index (χ2v) is 4.42. The van der Waals surface area contributed by atoms with E-state index in [0.717, 1.165) is 25.9 Å². The first-order valence-corrected chi connectivity index (χ1v) is 6.08. The summed E-state index contributed by atoms with van der Waals surface area (Å²) in [5, 5.41) is 2.78.